The molecule has 1 atom stereocenters. The van der Waals surface area contributed by atoms with Crippen LogP contribution in [0.15, 0.2) is 51.7 Å². The number of hydrogen-bond acceptors (Lipinski definition) is 3. The van der Waals surface area contributed by atoms with Crippen LogP contribution in [0.5, 0.6) is 0 Å². The van der Waals surface area contributed by atoms with E-state index in [1.807, 2.05) is 6.07 Å². The van der Waals surface area contributed by atoms with Gasteiger partial charge in [0, 0.05) is 0 Å². The molecule has 1 amide bonds. The number of rotatable bonds is 5. The van der Waals surface area contributed by atoms with Crippen LogP contribution in [-0.4, -0.2) is 17.0 Å². The Morgan fingerprint density at radius 3 is 2.50 bits per heavy atom. The molecule has 2 N–H and O–H groups in total. The lowest BCUT2D eigenvalue weighted by molar-refractivity contribution is -0.137. The topological polar surface area (TPSA) is 79.5 Å². The van der Waals surface area contributed by atoms with E-state index in [-0.39, 0.29) is 12.3 Å². The third-order valence-corrected chi connectivity index (χ3v) is 3.36. The van der Waals surface area contributed by atoms with Crippen LogP contribution in [0.25, 0.3) is 0 Å². The van der Waals surface area contributed by atoms with Crippen LogP contribution in [0.3, 0.4) is 0 Å². The van der Waals surface area contributed by atoms with Gasteiger partial charge in [-0.05, 0) is 27.6 Å². The van der Waals surface area contributed by atoms with E-state index in [1.165, 1.54) is 12.3 Å². The van der Waals surface area contributed by atoms with Gasteiger partial charge < -0.3 is 14.8 Å². The monoisotopic (exact) mass is 337 g/mol. The van der Waals surface area contributed by atoms with Crippen LogP contribution in [0.1, 0.15) is 28.4 Å². The number of benzene rings is 1. The molecule has 1 aromatic heterocycles. The van der Waals surface area contributed by atoms with Crippen molar-refractivity contribution < 1.29 is 19.1 Å². The molecule has 6 heteroatoms. The van der Waals surface area contributed by atoms with Gasteiger partial charge in [0.25, 0.3) is 5.91 Å². The van der Waals surface area contributed by atoms with Gasteiger partial charge in [0.1, 0.15) is 0 Å². The van der Waals surface area contributed by atoms with Gasteiger partial charge in [-0.2, -0.15) is 0 Å². The molecule has 0 spiro atoms. The molecule has 20 heavy (non-hydrogen) atoms. The molecule has 0 radical (unpaired) electrons. The summed E-state index contributed by atoms with van der Waals surface area (Å²) in [6.07, 6.45) is 1.19. The Labute approximate surface area is 123 Å². The Kier molecular flexibility index (Phi) is 4.57. The summed E-state index contributed by atoms with van der Waals surface area (Å²) in [5.41, 5.74) is 1.07. The lowest BCUT2D eigenvalue weighted by atomic mass is 10.0. The molecular weight excluding hydrogens is 326 g/mol. The summed E-state index contributed by atoms with van der Waals surface area (Å²) in [6.45, 7) is 0. The molecule has 0 saturated carbocycles. The first-order valence-corrected chi connectivity index (χ1v) is 6.68. The van der Waals surface area contributed by atoms with Crippen molar-refractivity contribution in [3.63, 3.8) is 0 Å². The smallest absolute Gasteiger partial charge is 0.305 e. The van der Waals surface area contributed by atoms with Gasteiger partial charge >= 0.3 is 5.97 Å². The van der Waals surface area contributed by atoms with E-state index in [0.29, 0.717) is 10.2 Å². The SMILES string of the molecule is O=C(O)CC(NC(=O)c1ccoc1Br)c1ccccc1. The summed E-state index contributed by atoms with van der Waals surface area (Å²) in [6, 6.07) is 9.89. The summed E-state index contributed by atoms with van der Waals surface area (Å²) in [5.74, 6) is -1.37. The van der Waals surface area contributed by atoms with Crippen LogP contribution in [0.2, 0.25) is 0 Å². The standard InChI is InChI=1S/C14H12BrNO4/c15-13-10(6-7-20-13)14(19)16-11(8-12(17)18)9-4-2-1-3-5-9/h1-7,11H,8H2,(H,16,19)(H,17,18). The fourth-order valence-electron chi connectivity index (χ4n) is 1.80. The molecule has 0 aliphatic carbocycles. The van der Waals surface area contributed by atoms with Crippen LogP contribution in [0.4, 0.5) is 0 Å². The number of carboxylic acid groups (broad SMARTS) is 1. The first kappa shape index (κ1) is 14.3. The molecule has 5 nitrogen and oxygen atoms in total. The molecule has 0 fully saturated rings. The summed E-state index contributed by atoms with van der Waals surface area (Å²) in [5, 5.41) is 11.7. The van der Waals surface area contributed by atoms with Crippen molar-refractivity contribution in [1.82, 2.24) is 5.32 Å². The van der Waals surface area contributed by atoms with Crippen LogP contribution in [-0.2, 0) is 4.79 Å². The maximum absolute atomic E-state index is 12.1. The maximum atomic E-state index is 12.1. The number of carboxylic acids is 1. The Morgan fingerprint density at radius 2 is 1.95 bits per heavy atom. The molecule has 0 aliphatic heterocycles. The lowest BCUT2D eigenvalue weighted by Crippen LogP contribution is -2.30. The fraction of sp³-hybridized carbons (Fsp3) is 0.143. The second kappa shape index (κ2) is 6.38. The highest BCUT2D eigenvalue weighted by Crippen LogP contribution is 2.21. The van der Waals surface area contributed by atoms with Crippen LogP contribution < -0.4 is 5.32 Å². The van der Waals surface area contributed by atoms with Crippen LogP contribution >= 0.6 is 15.9 Å². The van der Waals surface area contributed by atoms with Gasteiger partial charge in [-0.1, -0.05) is 30.3 Å². The Balaban J connectivity index is 2.18. The van der Waals surface area contributed by atoms with Gasteiger partial charge in [0.15, 0.2) is 4.67 Å². The molecular formula is C14H12BrNO4. The van der Waals surface area contributed by atoms with Gasteiger partial charge in [-0.25, -0.2) is 0 Å². The molecule has 1 unspecified atom stereocenters. The van der Waals surface area contributed by atoms with E-state index in [9.17, 15) is 9.59 Å². The predicted octanol–water partition coefficient (Wildman–Crippen LogP) is 2.99. The van der Waals surface area contributed by atoms with E-state index in [0.717, 1.165) is 5.56 Å². The van der Waals surface area contributed by atoms with E-state index in [4.69, 9.17) is 9.52 Å². The summed E-state index contributed by atoms with van der Waals surface area (Å²) in [4.78, 5) is 23.0. The minimum absolute atomic E-state index is 0.189. The minimum Gasteiger partial charge on any atom is -0.481 e. The zero-order valence-electron chi connectivity index (χ0n) is 10.4. The fourth-order valence-corrected chi connectivity index (χ4v) is 2.22. The average molecular weight is 338 g/mol. The van der Waals surface area contributed by atoms with Gasteiger partial charge in [-0.15, -0.1) is 0 Å². The average Bonchev–Trinajstić information content (AvgIpc) is 2.85. The zero-order chi connectivity index (χ0) is 14.5. The highest BCUT2D eigenvalue weighted by atomic mass is 79.9. The third-order valence-electron chi connectivity index (χ3n) is 2.75. The van der Waals surface area contributed by atoms with Gasteiger partial charge in [-0.3, -0.25) is 9.59 Å². The highest BCUT2D eigenvalue weighted by Gasteiger charge is 2.20. The summed E-state index contributed by atoms with van der Waals surface area (Å²) in [7, 11) is 0. The first-order chi connectivity index (χ1) is 9.58. The number of furan rings is 1. The quantitative estimate of drug-likeness (QED) is 0.878. The molecule has 0 bridgehead atoms. The first-order valence-electron chi connectivity index (χ1n) is 5.88. The second-order valence-electron chi connectivity index (χ2n) is 4.14. The lowest BCUT2D eigenvalue weighted by Gasteiger charge is -2.17. The highest BCUT2D eigenvalue weighted by molar-refractivity contribution is 9.10. The largest absolute Gasteiger partial charge is 0.481 e. The van der Waals surface area contributed by atoms with Gasteiger partial charge in [0.2, 0.25) is 0 Å². The number of carbonyl (C=O) groups is 2. The minimum atomic E-state index is -0.981. The summed E-state index contributed by atoms with van der Waals surface area (Å²) < 4.78 is 5.31. The van der Waals surface area contributed by atoms with E-state index >= 15 is 0 Å². The molecule has 2 rings (SSSR count). The maximum Gasteiger partial charge on any atom is 0.305 e. The summed E-state index contributed by atoms with van der Waals surface area (Å²) >= 11 is 3.12. The van der Waals surface area contributed by atoms with Crippen molar-refractivity contribution in [2.45, 2.75) is 12.5 Å². The van der Waals surface area contributed by atoms with E-state index in [2.05, 4.69) is 21.2 Å². The van der Waals surface area contributed by atoms with Crippen molar-refractivity contribution >= 4 is 27.8 Å². The number of carbonyl (C=O) groups excluding carboxylic acids is 1. The van der Waals surface area contributed by atoms with Crippen LogP contribution in [0, 0.1) is 0 Å². The van der Waals surface area contributed by atoms with Crippen molar-refractivity contribution in [2.24, 2.45) is 0 Å². The molecule has 104 valence electrons. The molecule has 0 aliphatic rings. The second-order valence-corrected chi connectivity index (χ2v) is 4.86. The van der Waals surface area contributed by atoms with E-state index < -0.39 is 12.0 Å². The number of aliphatic carboxylic acids is 1. The normalized spacial score (nSPS) is 11.8. The number of hydrogen-bond donors (Lipinski definition) is 2. The molecule has 2 aromatic rings. The Morgan fingerprint density at radius 1 is 1.25 bits per heavy atom. The molecule has 1 heterocycles. The number of halogens is 1. The van der Waals surface area contributed by atoms with Crippen molar-refractivity contribution in [2.75, 3.05) is 0 Å². The Hall–Kier alpha value is -2.08. The van der Waals surface area contributed by atoms with Crippen molar-refractivity contribution in [3.05, 3.63) is 58.5 Å². The van der Waals surface area contributed by atoms with Crippen molar-refractivity contribution in [3.8, 4) is 0 Å². The van der Waals surface area contributed by atoms with Crippen molar-refractivity contribution in [1.29, 1.82) is 0 Å². The number of nitrogens with one attached hydrogen (secondary N) is 1. The number of amides is 1. The Bertz CT molecular complexity index is 609. The molecule has 0 saturated heterocycles. The van der Waals surface area contributed by atoms with Gasteiger partial charge in [0.05, 0.1) is 24.3 Å². The third kappa shape index (κ3) is 3.48. The predicted molar refractivity (Wildman–Crippen MR) is 75.3 cm³/mol. The molecule has 1 aromatic carbocycles. The van der Waals surface area contributed by atoms with E-state index in [1.54, 1.807) is 24.3 Å². The zero-order valence-corrected chi connectivity index (χ0v) is 12.0.